The van der Waals surface area contributed by atoms with Gasteiger partial charge in [-0.05, 0) is 24.6 Å². The normalized spacial score (nSPS) is 21.3. The van der Waals surface area contributed by atoms with Crippen molar-refractivity contribution in [2.75, 3.05) is 32.8 Å². The highest BCUT2D eigenvalue weighted by Crippen LogP contribution is 2.31. The minimum Gasteiger partial charge on any atom is -0.465 e. The minimum atomic E-state index is -1.05. The van der Waals surface area contributed by atoms with Crippen LogP contribution in [0, 0.1) is 5.92 Å². The number of rotatable bonds is 4. The number of ether oxygens (including phenoxy) is 1. The summed E-state index contributed by atoms with van der Waals surface area (Å²) in [5, 5.41) is 2.76. The zero-order valence-electron chi connectivity index (χ0n) is 17.2. The Morgan fingerprint density at radius 3 is 2.52 bits per heavy atom. The van der Waals surface area contributed by atoms with Crippen LogP contribution in [0.2, 0.25) is 0 Å². The Balaban J connectivity index is 1.52. The molecule has 0 spiro atoms. The van der Waals surface area contributed by atoms with Gasteiger partial charge in [-0.3, -0.25) is 19.7 Å². The van der Waals surface area contributed by atoms with Crippen molar-refractivity contribution >= 4 is 23.7 Å². The topological polar surface area (TPSA) is 104 Å². The van der Waals surface area contributed by atoms with E-state index in [1.165, 1.54) is 6.26 Å². The summed E-state index contributed by atoms with van der Waals surface area (Å²) in [5.41, 5.74) is 0.763. The van der Waals surface area contributed by atoms with Gasteiger partial charge >= 0.3 is 5.97 Å². The lowest BCUT2D eigenvalue weighted by molar-refractivity contribution is -0.153. The molecule has 0 bridgehead atoms. The van der Waals surface area contributed by atoms with Gasteiger partial charge in [0.1, 0.15) is 6.04 Å². The Labute approximate surface area is 179 Å². The summed E-state index contributed by atoms with van der Waals surface area (Å²) in [6.45, 7) is 3.81. The van der Waals surface area contributed by atoms with Crippen molar-refractivity contribution in [3.05, 3.63) is 60.1 Å². The minimum absolute atomic E-state index is 0.163. The lowest BCUT2D eigenvalue weighted by atomic mass is 9.91. The number of nitrogens with one attached hydrogen (secondary N) is 1. The van der Waals surface area contributed by atoms with Crippen molar-refractivity contribution in [2.24, 2.45) is 10.9 Å². The molecule has 2 aliphatic rings. The third-order valence-electron chi connectivity index (χ3n) is 5.37. The molecule has 1 aromatic heterocycles. The van der Waals surface area contributed by atoms with Gasteiger partial charge in [-0.1, -0.05) is 30.3 Å². The van der Waals surface area contributed by atoms with Crippen molar-refractivity contribution in [1.82, 2.24) is 15.1 Å². The van der Waals surface area contributed by atoms with E-state index < -0.39 is 23.8 Å². The predicted molar refractivity (Wildman–Crippen MR) is 111 cm³/mol. The Bertz CT molecular complexity index is 965. The van der Waals surface area contributed by atoms with Gasteiger partial charge in [0.25, 0.3) is 5.91 Å². The molecule has 9 heteroatoms. The highest BCUT2D eigenvalue weighted by molar-refractivity contribution is 6.08. The van der Waals surface area contributed by atoms with Crippen LogP contribution in [0.5, 0.6) is 0 Å². The first kappa shape index (κ1) is 20.6. The third-order valence-corrected chi connectivity index (χ3v) is 5.37. The molecule has 1 aromatic carbocycles. The van der Waals surface area contributed by atoms with E-state index in [1.807, 2.05) is 35.2 Å². The number of esters is 1. The van der Waals surface area contributed by atoms with Crippen molar-refractivity contribution in [3.8, 4) is 0 Å². The Morgan fingerprint density at radius 1 is 1.13 bits per heavy atom. The Morgan fingerprint density at radius 2 is 1.87 bits per heavy atom. The standard InChI is InChI=1S/C22H24N4O5/c1-2-30-21(29)17-18(15-7-4-3-5-8-15)23-22(24-19(17)27)26-12-10-25(11-13-26)20(28)16-9-6-14-31-16/h3-9,14,17-18H,2,10-13H2,1H3,(H,23,24,27)/t17-,18-/m1/s1. The first-order valence-electron chi connectivity index (χ1n) is 10.3. The first-order valence-corrected chi connectivity index (χ1v) is 10.3. The lowest BCUT2D eigenvalue weighted by Crippen LogP contribution is -2.58. The van der Waals surface area contributed by atoms with Gasteiger partial charge in [-0.2, -0.15) is 0 Å². The Kier molecular flexibility index (Phi) is 6.01. The van der Waals surface area contributed by atoms with E-state index in [1.54, 1.807) is 24.0 Å². The molecule has 0 radical (unpaired) electrons. The molecular formula is C22H24N4O5. The summed E-state index contributed by atoms with van der Waals surface area (Å²) in [6.07, 6.45) is 1.47. The van der Waals surface area contributed by atoms with E-state index in [0.717, 1.165) is 5.56 Å². The second kappa shape index (κ2) is 9.03. The number of guanidine groups is 1. The number of hydrogen-bond acceptors (Lipinski definition) is 7. The molecule has 1 N–H and O–H groups in total. The van der Waals surface area contributed by atoms with Crippen molar-refractivity contribution in [2.45, 2.75) is 13.0 Å². The largest absolute Gasteiger partial charge is 0.465 e. The van der Waals surface area contributed by atoms with Crippen LogP contribution in [0.25, 0.3) is 0 Å². The molecule has 0 saturated carbocycles. The SMILES string of the molecule is CCOC(=O)[C@H]1C(=O)NC(N2CCN(C(=O)c3ccco3)CC2)=N[C@@H]1c1ccccc1. The fraction of sp³-hybridized carbons (Fsp3) is 0.364. The van der Waals surface area contributed by atoms with Gasteiger partial charge in [0, 0.05) is 26.2 Å². The van der Waals surface area contributed by atoms with Gasteiger partial charge in [0.15, 0.2) is 11.7 Å². The zero-order valence-corrected chi connectivity index (χ0v) is 17.2. The molecule has 9 nitrogen and oxygen atoms in total. The van der Waals surface area contributed by atoms with Crippen LogP contribution in [0.1, 0.15) is 29.1 Å². The molecular weight excluding hydrogens is 400 g/mol. The maximum absolute atomic E-state index is 12.9. The average molecular weight is 424 g/mol. The second-order valence-electron chi connectivity index (χ2n) is 7.28. The highest BCUT2D eigenvalue weighted by Gasteiger charge is 2.42. The van der Waals surface area contributed by atoms with Crippen LogP contribution in [-0.2, 0) is 14.3 Å². The van der Waals surface area contributed by atoms with E-state index >= 15 is 0 Å². The summed E-state index contributed by atoms with van der Waals surface area (Å²) >= 11 is 0. The summed E-state index contributed by atoms with van der Waals surface area (Å²) in [4.78, 5) is 46.2. The lowest BCUT2D eigenvalue weighted by Gasteiger charge is -2.38. The van der Waals surface area contributed by atoms with Gasteiger partial charge in [0.2, 0.25) is 11.9 Å². The highest BCUT2D eigenvalue weighted by atomic mass is 16.5. The van der Waals surface area contributed by atoms with Gasteiger partial charge < -0.3 is 19.0 Å². The zero-order chi connectivity index (χ0) is 21.8. The van der Waals surface area contributed by atoms with Crippen molar-refractivity contribution in [3.63, 3.8) is 0 Å². The molecule has 162 valence electrons. The molecule has 2 amide bonds. The number of amides is 2. The summed E-state index contributed by atoms with van der Waals surface area (Å²) < 4.78 is 10.3. The number of hydrogen-bond donors (Lipinski definition) is 1. The molecule has 0 unspecified atom stereocenters. The quantitative estimate of drug-likeness (QED) is 0.588. The van der Waals surface area contributed by atoms with Crippen LogP contribution < -0.4 is 5.32 Å². The summed E-state index contributed by atoms with van der Waals surface area (Å²) in [6, 6.07) is 11.9. The van der Waals surface area contributed by atoms with Crippen molar-refractivity contribution in [1.29, 1.82) is 0 Å². The second-order valence-corrected chi connectivity index (χ2v) is 7.28. The maximum Gasteiger partial charge on any atom is 0.321 e. The van der Waals surface area contributed by atoms with Gasteiger partial charge in [-0.25, -0.2) is 4.99 Å². The van der Waals surface area contributed by atoms with E-state index in [-0.39, 0.29) is 12.5 Å². The van der Waals surface area contributed by atoms with Gasteiger partial charge in [0.05, 0.1) is 12.9 Å². The number of furan rings is 1. The van der Waals surface area contributed by atoms with Crippen LogP contribution in [0.4, 0.5) is 0 Å². The monoisotopic (exact) mass is 424 g/mol. The van der Waals surface area contributed by atoms with Crippen molar-refractivity contribution < 1.29 is 23.5 Å². The smallest absolute Gasteiger partial charge is 0.321 e. The number of aliphatic imine (C=N–C) groups is 1. The fourth-order valence-corrected chi connectivity index (χ4v) is 3.79. The number of carbonyl (C=O) groups is 3. The Hall–Kier alpha value is -3.62. The molecule has 0 aliphatic carbocycles. The molecule has 31 heavy (non-hydrogen) atoms. The van der Waals surface area contributed by atoms with E-state index in [4.69, 9.17) is 14.1 Å². The number of nitrogens with zero attached hydrogens (tertiary/aromatic N) is 3. The maximum atomic E-state index is 12.9. The van der Waals surface area contributed by atoms with Crippen LogP contribution >= 0.6 is 0 Å². The molecule has 3 heterocycles. The third kappa shape index (κ3) is 4.30. The summed E-state index contributed by atoms with van der Waals surface area (Å²) in [5.74, 6) is -1.53. The molecule has 2 aromatic rings. The van der Waals surface area contributed by atoms with E-state index in [9.17, 15) is 14.4 Å². The number of benzene rings is 1. The molecule has 1 fully saturated rings. The molecule has 4 rings (SSSR count). The fourth-order valence-electron chi connectivity index (χ4n) is 3.79. The number of piperazine rings is 1. The van der Waals surface area contributed by atoms with E-state index in [0.29, 0.717) is 37.9 Å². The molecule has 1 saturated heterocycles. The summed E-state index contributed by atoms with van der Waals surface area (Å²) in [7, 11) is 0. The van der Waals surface area contributed by atoms with Crippen LogP contribution in [-0.4, -0.2) is 66.3 Å². The van der Waals surface area contributed by atoms with E-state index in [2.05, 4.69) is 5.32 Å². The van der Waals surface area contributed by atoms with Crippen LogP contribution in [0.15, 0.2) is 58.1 Å². The molecule has 2 aliphatic heterocycles. The number of carbonyl (C=O) groups excluding carboxylic acids is 3. The average Bonchev–Trinajstić information content (AvgIpc) is 3.34. The predicted octanol–water partition coefficient (Wildman–Crippen LogP) is 1.44. The first-order chi connectivity index (χ1) is 15.1. The molecule has 2 atom stereocenters. The van der Waals surface area contributed by atoms with Crippen LogP contribution in [0.3, 0.4) is 0 Å². The van der Waals surface area contributed by atoms with Gasteiger partial charge in [-0.15, -0.1) is 0 Å².